The van der Waals surface area contributed by atoms with Crippen LogP contribution in [0, 0.1) is 36.3 Å². The number of aryl methyl sites for hydroxylation is 2. The van der Waals surface area contributed by atoms with E-state index in [1.54, 1.807) is 13.8 Å². The molecule has 2 aliphatic heterocycles. The van der Waals surface area contributed by atoms with Crippen molar-refractivity contribution in [3.05, 3.63) is 47.2 Å². The first kappa shape index (κ1) is 40.8. The highest BCUT2D eigenvalue weighted by Crippen LogP contribution is 2.46. The van der Waals surface area contributed by atoms with Gasteiger partial charge in [0.2, 0.25) is 27.7 Å². The highest BCUT2D eigenvalue weighted by atomic mass is 32.2. The minimum atomic E-state index is -3.66. The van der Waals surface area contributed by atoms with Crippen molar-refractivity contribution in [1.29, 1.82) is 0 Å². The molecule has 4 fully saturated rings. The molecular weight excluding hydrogens is 761 g/mol. The van der Waals surface area contributed by atoms with Crippen molar-refractivity contribution in [3.63, 3.8) is 0 Å². The van der Waals surface area contributed by atoms with Crippen molar-refractivity contribution in [1.82, 2.24) is 19.9 Å². The molecule has 1 aromatic carbocycles. The summed E-state index contributed by atoms with van der Waals surface area (Å²) in [6.07, 6.45) is 13.1. The summed E-state index contributed by atoms with van der Waals surface area (Å²) in [5, 5.41) is 3.21. The number of halogens is 2. The van der Waals surface area contributed by atoms with Gasteiger partial charge in [-0.15, -0.1) is 0 Å². The fraction of sp³-hybridized carbons (Fsp3) is 0.634. The van der Waals surface area contributed by atoms with Crippen molar-refractivity contribution in [2.45, 2.75) is 133 Å². The first-order valence-electron chi connectivity index (χ1n) is 20.3. The first-order chi connectivity index (χ1) is 27.1. The molecule has 0 bridgehead atoms. The number of benzene rings is 1. The molecule has 3 aliphatic carbocycles. The number of ether oxygens (including phenoxy) is 2. The Bertz CT molecular complexity index is 2070. The van der Waals surface area contributed by atoms with Gasteiger partial charge in [0.15, 0.2) is 11.6 Å². The smallest absolute Gasteiger partial charge is 0.407 e. The van der Waals surface area contributed by atoms with Gasteiger partial charge in [-0.3, -0.25) is 19.1 Å². The van der Waals surface area contributed by atoms with Crippen molar-refractivity contribution in [2.75, 3.05) is 13.2 Å². The molecular formula is C41H53F2N5O8S. The zero-order chi connectivity index (χ0) is 40.7. The summed E-state index contributed by atoms with van der Waals surface area (Å²) in [5.74, 6) is -3.25. The summed E-state index contributed by atoms with van der Waals surface area (Å²) in [5.41, 5.74) is 6.35. The quantitative estimate of drug-likeness (QED) is 0.156. The van der Waals surface area contributed by atoms with Crippen LogP contribution in [-0.4, -0.2) is 77.7 Å². The monoisotopic (exact) mass is 813 g/mol. The van der Waals surface area contributed by atoms with Gasteiger partial charge in [0.05, 0.1) is 29.1 Å². The fourth-order valence-corrected chi connectivity index (χ4v) is 10.0. The van der Waals surface area contributed by atoms with Gasteiger partial charge in [-0.2, -0.15) is 0 Å². The van der Waals surface area contributed by atoms with E-state index in [4.69, 9.17) is 15.2 Å². The van der Waals surface area contributed by atoms with Crippen molar-refractivity contribution in [3.8, 4) is 5.75 Å². The zero-order valence-electron chi connectivity index (χ0n) is 32.6. The van der Waals surface area contributed by atoms with E-state index in [1.165, 1.54) is 4.90 Å². The number of nitrogens with zero attached hydrogens (tertiary/aromatic N) is 2. The molecule has 1 aromatic heterocycles. The number of unbranched alkanes of at least 4 members (excludes halogenated alkanes) is 3. The number of fused-ring (bicyclic) bond motifs is 3. The SMILES string of the molecule is Cc1nc2cc(F)c(F)cc2c2c1O[C@]1(CC2)C[C@@H](C(N)=O)N(C(=O)[C@H](CCCCC/C=C\[C@@H]2C[C@@H]2C(=O)NS(=O)(=O)C2(C)CC2)NC(=O)OCC2CCCC2)C1. The predicted molar refractivity (Wildman–Crippen MR) is 206 cm³/mol. The summed E-state index contributed by atoms with van der Waals surface area (Å²) in [7, 11) is -3.66. The molecule has 5 aliphatic rings. The van der Waals surface area contributed by atoms with E-state index in [2.05, 4.69) is 15.0 Å². The number of alkyl carbamates (subject to hydrolysis) is 1. The molecule has 310 valence electrons. The summed E-state index contributed by atoms with van der Waals surface area (Å²) in [6, 6.07) is 0.176. The van der Waals surface area contributed by atoms with E-state index in [1.807, 2.05) is 12.2 Å². The van der Waals surface area contributed by atoms with Crippen LogP contribution >= 0.6 is 0 Å². The molecule has 3 heterocycles. The van der Waals surface area contributed by atoms with Gasteiger partial charge in [0.1, 0.15) is 23.4 Å². The fourth-order valence-electron chi connectivity index (χ4n) is 8.71. The summed E-state index contributed by atoms with van der Waals surface area (Å²) < 4.78 is 66.7. The molecule has 2 aromatic rings. The van der Waals surface area contributed by atoms with Crippen LogP contribution in [0.1, 0.15) is 108 Å². The molecule has 7 rings (SSSR count). The van der Waals surface area contributed by atoms with Crippen molar-refractivity contribution < 1.29 is 45.9 Å². The molecule has 1 spiro atoms. The Kier molecular flexibility index (Phi) is 11.6. The zero-order valence-corrected chi connectivity index (χ0v) is 33.4. The molecule has 0 unspecified atom stereocenters. The lowest BCUT2D eigenvalue weighted by atomic mass is 9.87. The number of carbonyl (C=O) groups excluding carboxylic acids is 4. The van der Waals surface area contributed by atoms with Crippen LogP contribution in [0.2, 0.25) is 0 Å². The van der Waals surface area contributed by atoms with Crippen LogP contribution < -0.4 is 20.5 Å². The number of carbonyl (C=O) groups is 4. The van der Waals surface area contributed by atoms with E-state index >= 15 is 0 Å². The number of primary amides is 1. The van der Waals surface area contributed by atoms with Gasteiger partial charge in [-0.1, -0.05) is 37.8 Å². The number of pyridine rings is 1. The Morgan fingerprint density at radius 3 is 2.56 bits per heavy atom. The number of sulfonamides is 1. The molecule has 3 saturated carbocycles. The van der Waals surface area contributed by atoms with E-state index in [0.29, 0.717) is 66.4 Å². The highest BCUT2D eigenvalue weighted by molar-refractivity contribution is 7.91. The van der Waals surface area contributed by atoms with E-state index in [-0.39, 0.29) is 43.7 Å². The number of amides is 4. The molecule has 4 amide bonds. The van der Waals surface area contributed by atoms with Crippen LogP contribution in [0.3, 0.4) is 0 Å². The van der Waals surface area contributed by atoms with Crippen LogP contribution in [0.5, 0.6) is 5.75 Å². The Morgan fingerprint density at radius 1 is 1.11 bits per heavy atom. The maximum atomic E-state index is 14.3. The first-order valence-corrected chi connectivity index (χ1v) is 21.8. The highest BCUT2D eigenvalue weighted by Gasteiger charge is 2.54. The minimum Gasteiger partial charge on any atom is -0.483 e. The molecule has 13 nitrogen and oxygen atoms in total. The van der Waals surface area contributed by atoms with Crippen LogP contribution in [0.4, 0.5) is 13.6 Å². The second-order valence-corrected chi connectivity index (χ2v) is 19.3. The number of allylic oxidation sites excluding steroid dienone is 2. The summed E-state index contributed by atoms with van der Waals surface area (Å²) in [4.78, 5) is 58.6. The maximum absolute atomic E-state index is 14.3. The van der Waals surface area contributed by atoms with Gasteiger partial charge in [-0.05, 0) is 96.0 Å². The molecule has 1 saturated heterocycles. The number of likely N-dealkylation sites (tertiary alicyclic amines) is 1. The number of nitrogens with one attached hydrogen (secondary N) is 2. The normalized spacial score (nSPS) is 25.6. The van der Waals surface area contributed by atoms with E-state index < -0.39 is 67.9 Å². The molecule has 4 N–H and O–H groups in total. The standard InChI is InChI=1S/C41H53F2N5O8S/c1-24-35-27(29-19-30(42)31(43)20-33(29)45-24)14-15-41(56-35)21-34(36(44)49)48(23-41)38(51)32(46-39(52)55-22-25-10-8-9-11-25)13-7-5-3-4-6-12-26-18-28(26)37(50)47-57(53,54)40(2)16-17-40/h6,12,19-20,25-26,28,32,34H,3-5,7-11,13-18,21-23H2,1-2H3,(H2,44,49)(H,46,52)(H,47,50)/b12-6-/t26-,28+,32+,34+,41-/m1/s1. The Balaban J connectivity index is 0.969. The summed E-state index contributed by atoms with van der Waals surface area (Å²) in [6.45, 7) is 3.65. The largest absolute Gasteiger partial charge is 0.483 e. The van der Waals surface area contributed by atoms with Crippen LogP contribution in [0.15, 0.2) is 24.3 Å². The molecule has 0 radical (unpaired) electrons. The van der Waals surface area contributed by atoms with Crippen LogP contribution in [-0.2, 0) is 35.6 Å². The third-order valence-electron chi connectivity index (χ3n) is 12.7. The van der Waals surface area contributed by atoms with Gasteiger partial charge in [0, 0.05) is 29.4 Å². The lowest BCUT2D eigenvalue weighted by Crippen LogP contribution is -2.53. The molecule has 5 atom stereocenters. The second kappa shape index (κ2) is 16.1. The second-order valence-electron chi connectivity index (χ2n) is 17.1. The summed E-state index contributed by atoms with van der Waals surface area (Å²) >= 11 is 0. The average Bonchev–Trinajstić information content (AvgIpc) is 4.01. The predicted octanol–water partition coefficient (Wildman–Crippen LogP) is 5.40. The number of aromatic nitrogens is 1. The van der Waals surface area contributed by atoms with Gasteiger partial charge < -0.3 is 25.4 Å². The Labute approximate surface area is 331 Å². The van der Waals surface area contributed by atoms with E-state index in [9.17, 15) is 36.4 Å². The lowest BCUT2D eigenvalue weighted by molar-refractivity contribution is -0.139. The third kappa shape index (κ3) is 8.90. The van der Waals surface area contributed by atoms with Crippen molar-refractivity contribution in [2.24, 2.45) is 23.5 Å². The number of nitrogens with two attached hydrogens (primary N) is 1. The lowest BCUT2D eigenvalue weighted by Gasteiger charge is -2.36. The van der Waals surface area contributed by atoms with E-state index in [0.717, 1.165) is 57.1 Å². The Morgan fingerprint density at radius 2 is 1.84 bits per heavy atom. The average molecular weight is 814 g/mol. The van der Waals surface area contributed by atoms with Gasteiger partial charge >= 0.3 is 6.09 Å². The number of rotatable bonds is 15. The van der Waals surface area contributed by atoms with Crippen LogP contribution in [0.25, 0.3) is 10.9 Å². The van der Waals surface area contributed by atoms with Gasteiger partial charge in [0.25, 0.3) is 0 Å². The molecule has 57 heavy (non-hydrogen) atoms. The third-order valence-corrected chi connectivity index (χ3v) is 14.9. The topological polar surface area (TPSA) is 187 Å². The maximum Gasteiger partial charge on any atom is 0.407 e. The van der Waals surface area contributed by atoms with Gasteiger partial charge in [-0.25, -0.2) is 27.0 Å². The minimum absolute atomic E-state index is 0.00401. The number of hydrogen-bond acceptors (Lipinski definition) is 9. The Hall–Kier alpha value is -4.34. The number of hydrogen-bond donors (Lipinski definition) is 3. The molecule has 16 heteroatoms. The van der Waals surface area contributed by atoms with Crippen molar-refractivity contribution >= 4 is 44.7 Å².